The van der Waals surface area contributed by atoms with Crippen molar-refractivity contribution in [2.45, 2.75) is 19.3 Å². The number of carbonyl (C=O) groups excluding carboxylic acids is 2. The van der Waals surface area contributed by atoms with E-state index in [1.54, 1.807) is 7.11 Å². The van der Waals surface area contributed by atoms with E-state index in [9.17, 15) is 9.59 Å². The van der Waals surface area contributed by atoms with Crippen molar-refractivity contribution in [2.75, 3.05) is 14.2 Å². The molecule has 0 bridgehead atoms. The first-order chi connectivity index (χ1) is 12.4. The van der Waals surface area contributed by atoms with Gasteiger partial charge in [-0.25, -0.2) is 5.01 Å². The fraction of sp³-hybridized carbons (Fsp3) is 0.278. The van der Waals surface area contributed by atoms with Gasteiger partial charge in [-0.2, -0.15) is 10.1 Å². The van der Waals surface area contributed by atoms with Gasteiger partial charge in [-0.15, -0.1) is 0 Å². The summed E-state index contributed by atoms with van der Waals surface area (Å²) in [5.41, 5.74) is 7.15. The van der Waals surface area contributed by atoms with E-state index >= 15 is 0 Å². The number of methoxy groups -OCH3 is 1. The van der Waals surface area contributed by atoms with Gasteiger partial charge in [-0.3, -0.25) is 9.59 Å². The normalized spacial score (nSPS) is 15.2. The smallest absolute Gasteiger partial charge is 0.295 e. The SMILES string of the molecule is COc1cccc(CC(=N)/C=C\C(N)=NC(=O)C2=NN(C)C(=O)CC2)c1. The standard InChI is InChI=1S/C18H21N5O3/c1-23-17(24)9-7-15(22-23)18(25)21-16(20)8-6-13(19)10-12-4-3-5-14(11-12)26-2/h3-6,8,11,19H,7,9-10H2,1-2H3,(H2,20,21,25)/b8-6-,19-13?. The molecule has 0 fully saturated rings. The van der Waals surface area contributed by atoms with Crippen LogP contribution >= 0.6 is 0 Å². The average molecular weight is 355 g/mol. The van der Waals surface area contributed by atoms with Crippen molar-refractivity contribution in [2.24, 2.45) is 15.8 Å². The van der Waals surface area contributed by atoms with Crippen molar-refractivity contribution in [3.63, 3.8) is 0 Å². The van der Waals surface area contributed by atoms with Crippen LogP contribution < -0.4 is 10.5 Å². The van der Waals surface area contributed by atoms with Crippen molar-refractivity contribution < 1.29 is 14.3 Å². The molecular weight excluding hydrogens is 334 g/mol. The van der Waals surface area contributed by atoms with Crippen molar-refractivity contribution >= 4 is 29.1 Å². The molecule has 0 aromatic heterocycles. The topological polar surface area (TPSA) is 121 Å². The molecule has 0 radical (unpaired) electrons. The van der Waals surface area contributed by atoms with Gasteiger partial charge >= 0.3 is 0 Å². The van der Waals surface area contributed by atoms with E-state index in [0.717, 1.165) is 16.3 Å². The molecule has 0 aliphatic carbocycles. The Morgan fingerprint density at radius 1 is 1.42 bits per heavy atom. The monoisotopic (exact) mass is 355 g/mol. The number of nitrogens with one attached hydrogen (secondary N) is 1. The summed E-state index contributed by atoms with van der Waals surface area (Å²) in [6.07, 6.45) is 3.75. The van der Waals surface area contributed by atoms with Crippen LogP contribution in [0.3, 0.4) is 0 Å². The zero-order valence-corrected chi connectivity index (χ0v) is 14.7. The maximum Gasteiger partial charge on any atom is 0.295 e. The Morgan fingerprint density at radius 3 is 2.88 bits per heavy atom. The van der Waals surface area contributed by atoms with E-state index < -0.39 is 5.91 Å². The molecule has 136 valence electrons. The summed E-state index contributed by atoms with van der Waals surface area (Å²) in [5.74, 6) is -0.0227. The van der Waals surface area contributed by atoms with Gasteiger partial charge in [0.2, 0.25) is 5.91 Å². The van der Waals surface area contributed by atoms with E-state index in [1.165, 1.54) is 19.2 Å². The Balaban J connectivity index is 1.97. The summed E-state index contributed by atoms with van der Waals surface area (Å²) in [6.45, 7) is 0. The molecule has 3 N–H and O–H groups in total. The second-order valence-corrected chi connectivity index (χ2v) is 5.69. The predicted octanol–water partition coefficient (Wildman–Crippen LogP) is 1.31. The van der Waals surface area contributed by atoms with E-state index in [2.05, 4.69) is 10.1 Å². The molecule has 2 amide bonds. The maximum absolute atomic E-state index is 12.0. The van der Waals surface area contributed by atoms with E-state index in [4.69, 9.17) is 15.9 Å². The highest BCUT2D eigenvalue weighted by Gasteiger charge is 2.21. The summed E-state index contributed by atoms with van der Waals surface area (Å²) < 4.78 is 5.15. The lowest BCUT2D eigenvalue weighted by Crippen LogP contribution is -2.31. The number of allylic oxidation sites excluding steroid dienone is 1. The quantitative estimate of drug-likeness (QED) is 0.590. The number of rotatable bonds is 6. The van der Waals surface area contributed by atoms with Gasteiger partial charge < -0.3 is 15.9 Å². The largest absolute Gasteiger partial charge is 0.497 e. The summed E-state index contributed by atoms with van der Waals surface area (Å²) in [6, 6.07) is 7.43. The molecule has 26 heavy (non-hydrogen) atoms. The van der Waals surface area contributed by atoms with Crippen LogP contribution in [0.4, 0.5) is 0 Å². The zero-order chi connectivity index (χ0) is 19.1. The fourth-order valence-corrected chi connectivity index (χ4v) is 2.29. The molecule has 8 nitrogen and oxygen atoms in total. The molecule has 1 aliphatic rings. The zero-order valence-electron chi connectivity index (χ0n) is 14.7. The number of nitrogens with zero attached hydrogens (tertiary/aromatic N) is 3. The highest BCUT2D eigenvalue weighted by atomic mass is 16.5. The van der Waals surface area contributed by atoms with Gasteiger partial charge in [0.1, 0.15) is 17.3 Å². The Morgan fingerprint density at radius 2 is 2.19 bits per heavy atom. The van der Waals surface area contributed by atoms with Gasteiger partial charge in [0.25, 0.3) is 5.91 Å². The molecule has 0 saturated heterocycles. The Kier molecular flexibility index (Phi) is 6.37. The first-order valence-corrected chi connectivity index (χ1v) is 8.00. The minimum Gasteiger partial charge on any atom is -0.497 e. The van der Waals surface area contributed by atoms with Crippen molar-refractivity contribution in [3.8, 4) is 5.75 Å². The van der Waals surface area contributed by atoms with Crippen LogP contribution in [0.5, 0.6) is 5.75 Å². The van der Waals surface area contributed by atoms with Gasteiger partial charge in [0.05, 0.1) is 7.11 Å². The molecule has 0 spiro atoms. The molecule has 0 unspecified atom stereocenters. The average Bonchev–Trinajstić information content (AvgIpc) is 2.62. The van der Waals surface area contributed by atoms with Crippen LogP contribution in [-0.4, -0.2) is 48.2 Å². The lowest BCUT2D eigenvalue weighted by atomic mass is 10.1. The Bertz CT molecular complexity index is 811. The highest BCUT2D eigenvalue weighted by molar-refractivity contribution is 6.41. The number of hydrazone groups is 1. The van der Waals surface area contributed by atoms with Crippen molar-refractivity contribution in [3.05, 3.63) is 42.0 Å². The highest BCUT2D eigenvalue weighted by Crippen LogP contribution is 2.13. The van der Waals surface area contributed by atoms with E-state index in [-0.39, 0.29) is 30.3 Å². The summed E-state index contributed by atoms with van der Waals surface area (Å²) >= 11 is 0. The van der Waals surface area contributed by atoms with E-state index in [1.807, 2.05) is 24.3 Å². The van der Waals surface area contributed by atoms with Crippen LogP contribution in [0.1, 0.15) is 18.4 Å². The maximum atomic E-state index is 12.0. The molecular formula is C18H21N5O3. The van der Waals surface area contributed by atoms with Crippen LogP contribution in [0.15, 0.2) is 46.5 Å². The van der Waals surface area contributed by atoms with Crippen LogP contribution in [0.2, 0.25) is 0 Å². The second-order valence-electron chi connectivity index (χ2n) is 5.69. The first-order valence-electron chi connectivity index (χ1n) is 8.00. The third kappa shape index (κ3) is 5.37. The number of carbonyl (C=O) groups is 2. The van der Waals surface area contributed by atoms with Gasteiger partial charge in [-0.05, 0) is 29.8 Å². The number of benzene rings is 1. The summed E-state index contributed by atoms with van der Waals surface area (Å²) in [4.78, 5) is 27.1. The van der Waals surface area contributed by atoms with Crippen LogP contribution in [-0.2, 0) is 16.0 Å². The fourth-order valence-electron chi connectivity index (χ4n) is 2.29. The Labute approximate surface area is 151 Å². The van der Waals surface area contributed by atoms with Gasteiger partial charge in [0.15, 0.2) is 0 Å². The molecule has 1 aromatic carbocycles. The summed E-state index contributed by atoms with van der Waals surface area (Å²) in [7, 11) is 3.07. The molecule has 0 atom stereocenters. The lowest BCUT2D eigenvalue weighted by molar-refractivity contribution is -0.130. The minimum absolute atomic E-state index is 0.0207. The third-order valence-electron chi connectivity index (χ3n) is 3.67. The number of hydrogen-bond donors (Lipinski definition) is 2. The number of ether oxygens (including phenoxy) is 1. The molecule has 1 aliphatic heterocycles. The number of amidine groups is 1. The van der Waals surface area contributed by atoms with E-state index in [0.29, 0.717) is 12.1 Å². The van der Waals surface area contributed by atoms with Crippen molar-refractivity contribution in [1.29, 1.82) is 5.41 Å². The number of nitrogens with two attached hydrogens (primary N) is 1. The number of hydrogen-bond acceptors (Lipinski definition) is 5. The third-order valence-corrected chi connectivity index (χ3v) is 3.67. The molecule has 2 rings (SSSR count). The van der Waals surface area contributed by atoms with Crippen LogP contribution in [0.25, 0.3) is 0 Å². The molecule has 0 saturated carbocycles. The first kappa shape index (κ1) is 19.0. The van der Waals surface area contributed by atoms with Gasteiger partial charge in [0, 0.05) is 32.0 Å². The Hall–Kier alpha value is -3.29. The molecule has 1 heterocycles. The molecule has 8 heteroatoms. The minimum atomic E-state index is -0.578. The lowest BCUT2D eigenvalue weighted by Gasteiger charge is -2.17. The van der Waals surface area contributed by atoms with Crippen molar-refractivity contribution in [1.82, 2.24) is 5.01 Å². The molecule has 1 aromatic rings. The number of amides is 2. The predicted molar refractivity (Wildman–Crippen MR) is 99.6 cm³/mol. The second kappa shape index (κ2) is 8.70. The van der Waals surface area contributed by atoms with Crippen LogP contribution in [0, 0.1) is 5.41 Å². The summed E-state index contributed by atoms with van der Waals surface area (Å²) in [5, 5.41) is 13.0. The number of aliphatic imine (C=N–C) groups is 1. The van der Waals surface area contributed by atoms with Gasteiger partial charge in [-0.1, -0.05) is 12.1 Å².